The van der Waals surface area contributed by atoms with Crippen LogP contribution in [-0.2, 0) is 33.9 Å². The van der Waals surface area contributed by atoms with Crippen LogP contribution in [0.2, 0.25) is 0 Å². The average Bonchev–Trinajstić information content (AvgIpc) is 3.03. The normalized spacial score (nSPS) is 14.6. The number of hydrogen-bond donors (Lipinski definition) is 3. The maximum absolute atomic E-state index is 12.8. The summed E-state index contributed by atoms with van der Waals surface area (Å²) in [6, 6.07) is 1.38. The molecule has 0 aliphatic carbocycles. The van der Waals surface area contributed by atoms with Gasteiger partial charge in [0.25, 0.3) is 0 Å². The van der Waals surface area contributed by atoms with E-state index >= 15 is 0 Å². The molecule has 2 rings (SSSR count). The Balaban J connectivity index is 1.97. The van der Waals surface area contributed by atoms with Crippen molar-refractivity contribution >= 4 is 17.7 Å². The monoisotopic (exact) mass is 379 g/mol. The van der Waals surface area contributed by atoms with Gasteiger partial charge < -0.3 is 20.6 Å². The van der Waals surface area contributed by atoms with E-state index in [0.29, 0.717) is 32.5 Å². The lowest BCUT2D eigenvalue weighted by molar-refractivity contribution is -0.138. The molecule has 0 spiro atoms. The molecule has 2 heterocycles. The molecule has 1 atom stereocenters. The highest BCUT2D eigenvalue weighted by Crippen LogP contribution is 2.17. The van der Waals surface area contributed by atoms with Crippen LogP contribution in [0.1, 0.15) is 38.6 Å². The summed E-state index contributed by atoms with van der Waals surface area (Å²) >= 11 is 0. The summed E-state index contributed by atoms with van der Waals surface area (Å²) in [6.07, 6.45) is 0.808. The van der Waals surface area contributed by atoms with Crippen molar-refractivity contribution in [1.29, 1.82) is 0 Å². The lowest BCUT2D eigenvalue weighted by Gasteiger charge is -2.32. The Hall–Kier alpha value is -2.42. The second-order valence-corrected chi connectivity index (χ2v) is 7.11. The maximum atomic E-state index is 12.8. The minimum Gasteiger partial charge on any atom is -0.395 e. The fourth-order valence-corrected chi connectivity index (χ4v) is 3.09. The number of aromatic nitrogens is 2. The first-order valence-corrected chi connectivity index (χ1v) is 9.31. The molecule has 9 heteroatoms. The summed E-state index contributed by atoms with van der Waals surface area (Å²) in [4.78, 5) is 37.6. The third-order valence-electron chi connectivity index (χ3n) is 4.49. The molecule has 9 nitrogen and oxygen atoms in total. The summed E-state index contributed by atoms with van der Waals surface area (Å²) in [5.41, 5.74) is 1.73. The van der Waals surface area contributed by atoms with Crippen LogP contribution in [0.4, 0.5) is 0 Å². The van der Waals surface area contributed by atoms with Gasteiger partial charge in [0.05, 0.1) is 31.1 Å². The number of carbonyl (C=O) groups excluding carboxylic acids is 3. The molecule has 1 aromatic rings. The van der Waals surface area contributed by atoms with Gasteiger partial charge in [0, 0.05) is 32.9 Å². The number of nitrogens with one attached hydrogen (secondary N) is 2. The van der Waals surface area contributed by atoms with Crippen LogP contribution in [0.5, 0.6) is 0 Å². The second-order valence-electron chi connectivity index (χ2n) is 7.11. The van der Waals surface area contributed by atoms with Crippen LogP contribution >= 0.6 is 0 Å². The minimum absolute atomic E-state index is 0.00114. The minimum atomic E-state index is -0.535. The van der Waals surface area contributed by atoms with Gasteiger partial charge in [0.15, 0.2) is 0 Å². The Morgan fingerprint density at radius 2 is 2.04 bits per heavy atom. The molecule has 0 saturated heterocycles. The Labute approximate surface area is 159 Å². The zero-order valence-electron chi connectivity index (χ0n) is 16.2. The van der Waals surface area contributed by atoms with Crippen LogP contribution in [0, 0.1) is 5.92 Å². The van der Waals surface area contributed by atoms with Gasteiger partial charge in [0.2, 0.25) is 17.7 Å². The fourth-order valence-electron chi connectivity index (χ4n) is 3.09. The second kappa shape index (κ2) is 9.50. The molecule has 0 saturated carbocycles. The number of fused-ring (bicyclic) bond motifs is 1. The fraction of sp³-hybridized carbons (Fsp3) is 0.667. The average molecular weight is 379 g/mol. The van der Waals surface area contributed by atoms with Gasteiger partial charge >= 0.3 is 0 Å². The SMILES string of the molecule is CC(=O)N[C@H](C(=O)N1CCn2nc(CCC(=O)NCCO)cc2C1)C(C)C. The van der Waals surface area contributed by atoms with Crippen molar-refractivity contribution in [3.05, 3.63) is 17.5 Å². The van der Waals surface area contributed by atoms with Crippen LogP contribution in [0.25, 0.3) is 0 Å². The number of aliphatic hydroxyl groups excluding tert-OH is 1. The van der Waals surface area contributed by atoms with Gasteiger partial charge in [-0.05, 0) is 12.0 Å². The number of hydrogen-bond acceptors (Lipinski definition) is 5. The summed E-state index contributed by atoms with van der Waals surface area (Å²) in [7, 11) is 0. The molecule has 150 valence electrons. The van der Waals surface area contributed by atoms with E-state index in [1.165, 1.54) is 6.92 Å². The van der Waals surface area contributed by atoms with E-state index in [1.807, 2.05) is 24.6 Å². The van der Waals surface area contributed by atoms with Crippen molar-refractivity contribution in [1.82, 2.24) is 25.3 Å². The Morgan fingerprint density at radius 3 is 2.67 bits per heavy atom. The lowest BCUT2D eigenvalue weighted by Crippen LogP contribution is -2.52. The third kappa shape index (κ3) is 5.78. The summed E-state index contributed by atoms with van der Waals surface area (Å²) in [5.74, 6) is -0.424. The van der Waals surface area contributed by atoms with Crippen molar-refractivity contribution in [2.75, 3.05) is 19.7 Å². The molecular weight excluding hydrogens is 350 g/mol. The molecule has 1 aliphatic heterocycles. The van der Waals surface area contributed by atoms with Crippen LogP contribution < -0.4 is 10.6 Å². The van der Waals surface area contributed by atoms with Gasteiger partial charge in [0.1, 0.15) is 6.04 Å². The van der Waals surface area contributed by atoms with Crippen LogP contribution in [-0.4, -0.2) is 63.2 Å². The highest BCUT2D eigenvalue weighted by Gasteiger charge is 2.30. The molecule has 1 aromatic heterocycles. The van der Waals surface area contributed by atoms with E-state index in [9.17, 15) is 14.4 Å². The third-order valence-corrected chi connectivity index (χ3v) is 4.49. The van der Waals surface area contributed by atoms with Gasteiger partial charge in [-0.15, -0.1) is 0 Å². The predicted molar refractivity (Wildman–Crippen MR) is 98.5 cm³/mol. The number of nitrogens with zero attached hydrogens (tertiary/aromatic N) is 3. The van der Waals surface area contributed by atoms with Gasteiger partial charge in [-0.2, -0.15) is 5.10 Å². The predicted octanol–water partition coefficient (Wildman–Crippen LogP) is -0.573. The Kier molecular flexibility index (Phi) is 7.35. The zero-order chi connectivity index (χ0) is 20.0. The van der Waals surface area contributed by atoms with Crippen molar-refractivity contribution in [3.8, 4) is 0 Å². The molecule has 0 radical (unpaired) electrons. The lowest BCUT2D eigenvalue weighted by atomic mass is 10.0. The maximum Gasteiger partial charge on any atom is 0.245 e. The van der Waals surface area contributed by atoms with Gasteiger partial charge in [-0.1, -0.05) is 13.8 Å². The molecule has 1 aliphatic rings. The number of carbonyl (C=O) groups is 3. The number of aryl methyl sites for hydroxylation is 1. The smallest absolute Gasteiger partial charge is 0.245 e. The summed E-state index contributed by atoms with van der Waals surface area (Å²) in [6.45, 7) is 6.96. The largest absolute Gasteiger partial charge is 0.395 e. The van der Waals surface area contributed by atoms with Crippen LogP contribution in [0.15, 0.2) is 6.07 Å². The van der Waals surface area contributed by atoms with E-state index in [1.54, 1.807) is 4.90 Å². The number of rotatable bonds is 8. The van der Waals surface area contributed by atoms with Crippen LogP contribution in [0.3, 0.4) is 0 Å². The summed E-state index contributed by atoms with van der Waals surface area (Å²) < 4.78 is 1.87. The molecule has 0 fully saturated rings. The first-order chi connectivity index (χ1) is 12.8. The van der Waals surface area contributed by atoms with Crippen molar-refractivity contribution < 1.29 is 19.5 Å². The van der Waals surface area contributed by atoms with E-state index in [4.69, 9.17) is 5.11 Å². The van der Waals surface area contributed by atoms with Gasteiger partial charge in [-0.3, -0.25) is 19.1 Å². The molecule has 0 bridgehead atoms. The molecular formula is C18H29N5O4. The van der Waals surface area contributed by atoms with E-state index < -0.39 is 6.04 Å². The quantitative estimate of drug-likeness (QED) is 0.559. The molecule has 3 N–H and O–H groups in total. The number of aliphatic hydroxyl groups is 1. The van der Waals surface area contributed by atoms with E-state index in [-0.39, 0.29) is 36.8 Å². The zero-order valence-corrected chi connectivity index (χ0v) is 16.2. The highest BCUT2D eigenvalue weighted by molar-refractivity contribution is 5.87. The van der Waals surface area contributed by atoms with Crippen molar-refractivity contribution in [3.63, 3.8) is 0 Å². The Morgan fingerprint density at radius 1 is 1.30 bits per heavy atom. The van der Waals surface area contributed by atoms with Crippen molar-refractivity contribution in [2.24, 2.45) is 5.92 Å². The van der Waals surface area contributed by atoms with Gasteiger partial charge in [-0.25, -0.2) is 0 Å². The molecule has 3 amide bonds. The van der Waals surface area contributed by atoms with E-state index in [2.05, 4.69) is 15.7 Å². The standard InChI is InChI=1S/C18H29N5O4/c1-12(2)17(20-13(3)25)18(27)22-7-8-23-15(11-22)10-14(21-23)4-5-16(26)19-6-9-24/h10,12,17,24H,4-9,11H2,1-3H3,(H,19,26)(H,20,25)/t17-/m0/s1. The molecule has 27 heavy (non-hydrogen) atoms. The Bertz CT molecular complexity index is 685. The molecule has 0 unspecified atom stereocenters. The first-order valence-electron chi connectivity index (χ1n) is 9.31. The topological polar surface area (TPSA) is 117 Å². The molecule has 0 aromatic carbocycles. The van der Waals surface area contributed by atoms with Crippen molar-refractivity contribution in [2.45, 2.75) is 52.7 Å². The highest BCUT2D eigenvalue weighted by atomic mass is 16.3. The number of amides is 3. The summed E-state index contributed by atoms with van der Waals surface area (Å²) in [5, 5.41) is 18.6. The first kappa shape index (κ1) is 20.9. The van der Waals surface area contributed by atoms with E-state index in [0.717, 1.165) is 11.4 Å².